The SMILES string of the molecule is O=S(=O)(NCC1CCCS1(=O)=O)c1ccc(Cl)nc1. The summed E-state index contributed by atoms with van der Waals surface area (Å²) < 4.78 is 49.3. The molecular formula is C10H13ClN2O4S2. The van der Waals surface area contributed by atoms with Gasteiger partial charge in [-0.1, -0.05) is 11.6 Å². The van der Waals surface area contributed by atoms with Crippen molar-refractivity contribution in [2.45, 2.75) is 23.0 Å². The Bertz CT molecular complexity index is 655. The van der Waals surface area contributed by atoms with Crippen LogP contribution in [-0.4, -0.2) is 39.4 Å². The summed E-state index contributed by atoms with van der Waals surface area (Å²) in [5.41, 5.74) is 0. The summed E-state index contributed by atoms with van der Waals surface area (Å²) in [6, 6.07) is 2.68. The molecule has 106 valence electrons. The van der Waals surface area contributed by atoms with E-state index < -0.39 is 25.1 Å². The largest absolute Gasteiger partial charge is 0.243 e. The van der Waals surface area contributed by atoms with Crippen molar-refractivity contribution < 1.29 is 16.8 Å². The van der Waals surface area contributed by atoms with Crippen LogP contribution in [0.4, 0.5) is 0 Å². The van der Waals surface area contributed by atoms with Gasteiger partial charge in [-0.05, 0) is 25.0 Å². The maximum Gasteiger partial charge on any atom is 0.242 e. The molecule has 0 bridgehead atoms. The van der Waals surface area contributed by atoms with Crippen molar-refractivity contribution in [3.63, 3.8) is 0 Å². The van der Waals surface area contributed by atoms with Crippen molar-refractivity contribution in [1.29, 1.82) is 0 Å². The Morgan fingerprint density at radius 2 is 2.16 bits per heavy atom. The number of pyridine rings is 1. The Kier molecular flexibility index (Phi) is 4.14. The second-order valence-electron chi connectivity index (χ2n) is 4.30. The fourth-order valence-corrected chi connectivity index (χ4v) is 4.90. The molecule has 2 heterocycles. The summed E-state index contributed by atoms with van der Waals surface area (Å²) in [7, 11) is -6.91. The molecule has 0 radical (unpaired) electrons. The first-order valence-corrected chi connectivity index (χ1v) is 9.22. The third-order valence-corrected chi connectivity index (χ3v) is 6.88. The molecule has 0 amide bonds. The summed E-state index contributed by atoms with van der Waals surface area (Å²) in [6.45, 7) is -0.104. The van der Waals surface area contributed by atoms with E-state index in [4.69, 9.17) is 11.6 Å². The van der Waals surface area contributed by atoms with Crippen LogP contribution in [0.3, 0.4) is 0 Å². The molecule has 1 saturated heterocycles. The van der Waals surface area contributed by atoms with Gasteiger partial charge in [-0.15, -0.1) is 0 Å². The minimum atomic E-state index is -3.75. The number of aromatic nitrogens is 1. The molecule has 0 saturated carbocycles. The van der Waals surface area contributed by atoms with Crippen molar-refractivity contribution in [2.24, 2.45) is 0 Å². The average molecular weight is 325 g/mol. The maximum atomic E-state index is 11.9. The van der Waals surface area contributed by atoms with Crippen LogP contribution in [0.25, 0.3) is 0 Å². The second kappa shape index (κ2) is 5.35. The molecule has 1 unspecified atom stereocenters. The Labute approximate surface area is 117 Å². The van der Waals surface area contributed by atoms with Crippen LogP contribution in [0.2, 0.25) is 5.15 Å². The second-order valence-corrected chi connectivity index (χ2v) is 8.85. The molecule has 1 aliphatic rings. The zero-order valence-electron chi connectivity index (χ0n) is 9.91. The summed E-state index contributed by atoms with van der Waals surface area (Å²) >= 11 is 5.57. The molecular weight excluding hydrogens is 312 g/mol. The fourth-order valence-electron chi connectivity index (χ4n) is 1.89. The Hall–Kier alpha value is -0.700. The van der Waals surface area contributed by atoms with Gasteiger partial charge >= 0.3 is 0 Å². The number of hydrogen-bond acceptors (Lipinski definition) is 5. The quantitative estimate of drug-likeness (QED) is 0.818. The molecule has 1 fully saturated rings. The van der Waals surface area contributed by atoms with E-state index in [-0.39, 0.29) is 22.3 Å². The van der Waals surface area contributed by atoms with E-state index in [0.29, 0.717) is 12.8 Å². The standard InChI is InChI=1S/C10H13ClN2O4S2/c11-10-4-3-9(6-12-10)19(16,17)13-7-8-2-1-5-18(8,14)15/h3-4,6,8,13H,1-2,5,7H2. The maximum absolute atomic E-state index is 11.9. The van der Waals surface area contributed by atoms with E-state index in [1.807, 2.05) is 0 Å². The van der Waals surface area contributed by atoms with Crippen molar-refractivity contribution in [3.05, 3.63) is 23.5 Å². The van der Waals surface area contributed by atoms with Crippen LogP contribution < -0.4 is 4.72 Å². The molecule has 1 aromatic heterocycles. The number of nitrogens with zero attached hydrogens (tertiary/aromatic N) is 1. The topological polar surface area (TPSA) is 93.2 Å². The molecule has 1 aliphatic heterocycles. The molecule has 1 N–H and O–H groups in total. The van der Waals surface area contributed by atoms with Gasteiger partial charge in [0.1, 0.15) is 10.0 Å². The van der Waals surface area contributed by atoms with Gasteiger partial charge in [0.25, 0.3) is 0 Å². The van der Waals surface area contributed by atoms with E-state index in [2.05, 4.69) is 9.71 Å². The van der Waals surface area contributed by atoms with Crippen LogP contribution >= 0.6 is 11.6 Å². The molecule has 6 nitrogen and oxygen atoms in total. The van der Waals surface area contributed by atoms with Crippen molar-refractivity contribution >= 4 is 31.5 Å². The average Bonchev–Trinajstić information content (AvgIpc) is 2.66. The van der Waals surface area contributed by atoms with E-state index in [1.54, 1.807) is 0 Å². The lowest BCUT2D eigenvalue weighted by atomic mass is 10.2. The van der Waals surface area contributed by atoms with Gasteiger partial charge in [0, 0.05) is 12.7 Å². The highest BCUT2D eigenvalue weighted by atomic mass is 35.5. The van der Waals surface area contributed by atoms with Crippen LogP contribution in [0.1, 0.15) is 12.8 Å². The van der Waals surface area contributed by atoms with Crippen molar-refractivity contribution in [3.8, 4) is 0 Å². The lowest BCUT2D eigenvalue weighted by Gasteiger charge is -2.11. The van der Waals surface area contributed by atoms with Gasteiger partial charge < -0.3 is 0 Å². The van der Waals surface area contributed by atoms with Crippen LogP contribution in [0, 0.1) is 0 Å². The number of sulfone groups is 1. The van der Waals surface area contributed by atoms with Crippen LogP contribution in [-0.2, 0) is 19.9 Å². The van der Waals surface area contributed by atoms with Gasteiger partial charge in [-0.2, -0.15) is 0 Å². The number of sulfonamides is 1. The lowest BCUT2D eigenvalue weighted by Crippen LogP contribution is -2.34. The molecule has 0 aromatic carbocycles. The first-order valence-electron chi connectivity index (χ1n) is 5.64. The molecule has 1 atom stereocenters. The summed E-state index contributed by atoms with van der Waals surface area (Å²) in [5.74, 6) is 0.127. The van der Waals surface area contributed by atoms with E-state index in [1.165, 1.54) is 12.1 Å². The predicted molar refractivity (Wildman–Crippen MR) is 71.2 cm³/mol. The zero-order valence-corrected chi connectivity index (χ0v) is 12.3. The normalized spacial score (nSPS) is 22.5. The number of hydrogen-bond donors (Lipinski definition) is 1. The molecule has 2 rings (SSSR count). The molecule has 9 heteroatoms. The minimum Gasteiger partial charge on any atom is -0.243 e. The summed E-state index contributed by atoms with van der Waals surface area (Å²) in [4.78, 5) is 3.65. The van der Waals surface area contributed by atoms with Crippen LogP contribution in [0.15, 0.2) is 23.2 Å². The Morgan fingerprint density at radius 1 is 1.42 bits per heavy atom. The third kappa shape index (κ3) is 3.44. The smallest absolute Gasteiger partial charge is 0.242 e. The molecule has 1 aromatic rings. The van der Waals surface area contributed by atoms with Crippen molar-refractivity contribution in [2.75, 3.05) is 12.3 Å². The first-order chi connectivity index (χ1) is 8.81. The Balaban J connectivity index is 2.08. The van der Waals surface area contributed by atoms with Gasteiger partial charge in [-0.25, -0.2) is 26.5 Å². The van der Waals surface area contributed by atoms with E-state index in [9.17, 15) is 16.8 Å². The number of nitrogens with one attached hydrogen (secondary N) is 1. The highest BCUT2D eigenvalue weighted by molar-refractivity contribution is 7.92. The monoisotopic (exact) mass is 324 g/mol. The highest BCUT2D eigenvalue weighted by Gasteiger charge is 2.32. The summed E-state index contributed by atoms with van der Waals surface area (Å²) in [6.07, 6.45) is 2.20. The third-order valence-electron chi connectivity index (χ3n) is 2.97. The van der Waals surface area contributed by atoms with Gasteiger partial charge in [0.05, 0.1) is 11.0 Å². The van der Waals surface area contributed by atoms with Crippen molar-refractivity contribution in [1.82, 2.24) is 9.71 Å². The van der Waals surface area contributed by atoms with E-state index >= 15 is 0 Å². The van der Waals surface area contributed by atoms with Gasteiger partial charge in [0.2, 0.25) is 10.0 Å². The molecule has 19 heavy (non-hydrogen) atoms. The zero-order chi connectivity index (χ0) is 14.1. The number of rotatable bonds is 4. The lowest BCUT2D eigenvalue weighted by molar-refractivity contribution is 0.570. The first kappa shape index (κ1) is 14.7. The summed E-state index contributed by atoms with van der Waals surface area (Å²) in [5, 5.41) is -0.445. The van der Waals surface area contributed by atoms with Crippen LogP contribution in [0.5, 0.6) is 0 Å². The van der Waals surface area contributed by atoms with Gasteiger partial charge in [0.15, 0.2) is 9.84 Å². The minimum absolute atomic E-state index is 0.0349. The fraction of sp³-hybridized carbons (Fsp3) is 0.500. The molecule has 0 aliphatic carbocycles. The van der Waals surface area contributed by atoms with Gasteiger partial charge in [-0.3, -0.25) is 0 Å². The Morgan fingerprint density at radius 3 is 2.68 bits per heavy atom. The van der Waals surface area contributed by atoms with E-state index in [0.717, 1.165) is 6.20 Å². The highest BCUT2D eigenvalue weighted by Crippen LogP contribution is 2.20. The molecule has 0 spiro atoms. The predicted octanol–water partition coefficient (Wildman–Crippen LogP) is 0.590. The number of halogens is 1.